The normalized spacial score (nSPS) is 18.8. The van der Waals surface area contributed by atoms with Gasteiger partial charge in [-0.25, -0.2) is 9.37 Å². The summed E-state index contributed by atoms with van der Waals surface area (Å²) >= 11 is 3.72. The fourth-order valence-corrected chi connectivity index (χ4v) is 7.18. The average molecular weight is 606 g/mol. The molecule has 3 aromatic rings. The minimum absolute atomic E-state index is 0.0858. The van der Waals surface area contributed by atoms with Crippen LogP contribution in [0.1, 0.15) is 5.69 Å². The number of rotatable bonds is 11. The number of carbonyl (C=O) groups excluding carboxylic acids is 4. The van der Waals surface area contributed by atoms with Gasteiger partial charge in [-0.2, -0.15) is 4.57 Å². The predicted molar refractivity (Wildman–Crippen MR) is 144 cm³/mol. The predicted octanol–water partition coefficient (Wildman–Crippen LogP) is -0.410. The molecule has 2 aliphatic heterocycles. The molecule has 2 aliphatic rings. The van der Waals surface area contributed by atoms with E-state index in [0.717, 1.165) is 26.5 Å². The minimum atomic E-state index is -1.51. The van der Waals surface area contributed by atoms with Crippen LogP contribution in [0.15, 0.2) is 45.5 Å². The summed E-state index contributed by atoms with van der Waals surface area (Å²) in [7, 11) is 0. The zero-order valence-electron chi connectivity index (χ0n) is 20.4. The van der Waals surface area contributed by atoms with Gasteiger partial charge in [-0.3, -0.25) is 19.3 Å². The van der Waals surface area contributed by atoms with Crippen molar-refractivity contribution in [3.63, 3.8) is 0 Å². The van der Waals surface area contributed by atoms with E-state index in [0.29, 0.717) is 17.7 Å². The highest BCUT2D eigenvalue weighted by Crippen LogP contribution is 2.40. The van der Waals surface area contributed by atoms with Crippen LogP contribution in [-0.4, -0.2) is 70.2 Å². The third kappa shape index (κ3) is 5.09. The van der Waals surface area contributed by atoms with Gasteiger partial charge < -0.3 is 31.1 Å². The number of pyridine rings is 1. The Morgan fingerprint density at radius 1 is 1.38 bits per heavy atom. The van der Waals surface area contributed by atoms with Crippen LogP contribution in [0.5, 0.6) is 0 Å². The average Bonchev–Trinajstić information content (AvgIpc) is 3.56. The molecule has 0 aliphatic carbocycles. The van der Waals surface area contributed by atoms with Gasteiger partial charge in [0.25, 0.3) is 16.6 Å². The number of nitrogens with two attached hydrogens (primary N) is 1. The van der Waals surface area contributed by atoms with E-state index in [1.54, 1.807) is 17.6 Å². The van der Waals surface area contributed by atoms with E-state index in [4.69, 9.17) is 10.6 Å². The molecule has 5 rings (SSSR count). The lowest BCUT2D eigenvalue weighted by atomic mass is 10.0. The number of thioether (sulfide) groups is 1. The molecule has 0 aromatic carbocycles. The van der Waals surface area contributed by atoms with Crippen LogP contribution in [0.4, 0.5) is 15.2 Å². The topological polar surface area (TPSA) is 183 Å². The molecule has 17 heteroatoms. The Morgan fingerprint density at radius 3 is 2.90 bits per heavy atom. The summed E-state index contributed by atoms with van der Waals surface area (Å²) in [5.41, 5.74) is 6.27. The fourth-order valence-electron chi connectivity index (χ4n) is 4.31. The van der Waals surface area contributed by atoms with Crippen LogP contribution in [-0.2, 0) is 30.6 Å². The van der Waals surface area contributed by atoms with Crippen molar-refractivity contribution in [3.05, 3.63) is 46.1 Å². The Labute approximate surface area is 237 Å². The Kier molecular flexibility index (Phi) is 7.95. The molecule has 5 heterocycles. The summed E-state index contributed by atoms with van der Waals surface area (Å²) in [6.07, 6.45) is 2.36. The van der Waals surface area contributed by atoms with Gasteiger partial charge in [0.1, 0.15) is 30.4 Å². The summed E-state index contributed by atoms with van der Waals surface area (Å²) in [5, 5.41) is 24.6. The number of thiophene rings is 1. The molecule has 0 saturated carbocycles. The van der Waals surface area contributed by atoms with Gasteiger partial charge in [0.15, 0.2) is 23.6 Å². The number of aliphatic carboxylic acids is 1. The van der Waals surface area contributed by atoms with E-state index in [-0.39, 0.29) is 41.1 Å². The molecule has 0 bridgehead atoms. The summed E-state index contributed by atoms with van der Waals surface area (Å²) in [4.78, 5) is 60.0. The first-order valence-corrected chi connectivity index (χ1v) is 14.4. The summed E-state index contributed by atoms with van der Waals surface area (Å²) in [6.45, 7) is -1.06. The molecular formula is C23H20FN7O6S3. The van der Waals surface area contributed by atoms with Crippen LogP contribution in [0.25, 0.3) is 10.2 Å². The summed E-state index contributed by atoms with van der Waals surface area (Å²) < 4.78 is 14.3. The van der Waals surface area contributed by atoms with Crippen molar-refractivity contribution in [3.8, 4) is 0 Å². The summed E-state index contributed by atoms with van der Waals surface area (Å²) in [6, 6.07) is 2.55. The number of alkyl halides is 1. The molecule has 40 heavy (non-hydrogen) atoms. The highest BCUT2D eigenvalue weighted by atomic mass is 32.2. The second kappa shape index (κ2) is 11.6. The van der Waals surface area contributed by atoms with E-state index in [1.807, 2.05) is 10.6 Å². The lowest BCUT2D eigenvalue weighted by molar-refractivity contribution is -0.661. The Balaban J connectivity index is 1.37. The van der Waals surface area contributed by atoms with Crippen molar-refractivity contribution in [2.45, 2.75) is 18.0 Å². The molecule has 2 atom stereocenters. The second-order valence-corrected chi connectivity index (χ2v) is 11.3. The van der Waals surface area contributed by atoms with Crippen molar-refractivity contribution in [2.75, 3.05) is 30.1 Å². The largest absolute Gasteiger partial charge is 0.543 e. The van der Waals surface area contributed by atoms with Crippen LogP contribution in [0.3, 0.4) is 0 Å². The van der Waals surface area contributed by atoms with Gasteiger partial charge >= 0.3 is 0 Å². The van der Waals surface area contributed by atoms with E-state index in [9.17, 15) is 28.7 Å². The number of anilines is 2. The number of fused-ring (bicyclic) bond motifs is 2. The monoisotopic (exact) mass is 605 g/mol. The van der Waals surface area contributed by atoms with E-state index < -0.39 is 35.9 Å². The molecule has 0 spiro atoms. The van der Waals surface area contributed by atoms with Crippen LogP contribution in [0, 0.1) is 0 Å². The minimum Gasteiger partial charge on any atom is -0.543 e. The van der Waals surface area contributed by atoms with Gasteiger partial charge in [0.05, 0.1) is 22.7 Å². The number of amides is 3. The first-order valence-electron chi connectivity index (χ1n) is 11.6. The number of hydrogen-bond donors (Lipinski definition) is 3. The number of β-lactam (4-membered cyclic amide) rings is 1. The Bertz CT molecular complexity index is 1570. The zero-order valence-corrected chi connectivity index (χ0v) is 22.8. The SMILES string of the molecule is Nc1nc(/C(=N/OCCF)C(=O)NC2C(=O)N3C(C(=O)[O-])=C(C[n+]4cccc5c(NC=O)csc54)CS[C@H]23)cs1. The number of carboxylic acid groups (broad SMARTS) is 1. The molecule has 3 amide bonds. The lowest BCUT2D eigenvalue weighted by Crippen LogP contribution is -2.71. The fraction of sp³-hybridized carbons (Fsp3) is 0.261. The van der Waals surface area contributed by atoms with Crippen molar-refractivity contribution in [2.24, 2.45) is 5.16 Å². The van der Waals surface area contributed by atoms with Crippen LogP contribution < -0.4 is 26.0 Å². The highest BCUT2D eigenvalue weighted by Gasteiger charge is 2.53. The molecule has 1 fully saturated rings. The van der Waals surface area contributed by atoms with Gasteiger partial charge in [0.2, 0.25) is 6.41 Å². The van der Waals surface area contributed by atoms with Gasteiger partial charge in [-0.1, -0.05) is 16.5 Å². The number of thiazole rings is 1. The van der Waals surface area contributed by atoms with Crippen LogP contribution >= 0.6 is 34.4 Å². The smallest absolute Gasteiger partial charge is 0.276 e. The molecule has 13 nitrogen and oxygen atoms in total. The maximum absolute atomic E-state index is 13.1. The number of aromatic nitrogens is 2. The third-order valence-corrected chi connectivity index (χ3v) is 9.05. The summed E-state index contributed by atoms with van der Waals surface area (Å²) in [5.74, 6) is -2.71. The number of hydrogen-bond acceptors (Lipinski definition) is 12. The maximum atomic E-state index is 13.1. The molecule has 0 radical (unpaired) electrons. The van der Waals surface area contributed by atoms with E-state index in [1.165, 1.54) is 28.5 Å². The Hall–Kier alpha value is -4.09. The van der Waals surface area contributed by atoms with Crippen molar-refractivity contribution in [1.29, 1.82) is 0 Å². The molecule has 208 valence electrons. The molecule has 4 N–H and O–H groups in total. The number of nitrogen functional groups attached to an aromatic ring is 1. The third-order valence-electron chi connectivity index (χ3n) is 6.01. The number of carboxylic acids is 1. The second-order valence-electron chi connectivity index (χ2n) is 8.40. The standard InChI is InChI=1S/C23H20FN7O6S3/c24-3-5-37-29-15(14-9-40-23(25)27-14)18(33)28-16-19(34)31-17(22(35)36)11(7-38-21(16)31)6-30-4-1-2-12-13(26-10-32)8-39-20(12)30/h1-2,4,8-10,16,21H,3,5-7H2,(H4-,25,26,27,28,32,33,35,36)/b29-15-/t16?,21-/m1/s1. The number of oxime groups is 1. The number of nitrogens with one attached hydrogen (secondary N) is 2. The molecule has 1 saturated heterocycles. The van der Waals surface area contributed by atoms with E-state index in [2.05, 4.69) is 20.8 Å². The molecular weight excluding hydrogens is 585 g/mol. The van der Waals surface area contributed by atoms with Crippen LogP contribution in [0.2, 0.25) is 0 Å². The molecule has 1 unspecified atom stereocenters. The van der Waals surface area contributed by atoms with E-state index >= 15 is 0 Å². The van der Waals surface area contributed by atoms with Crippen molar-refractivity contribution >= 4 is 85.4 Å². The number of halogens is 1. The Morgan fingerprint density at radius 2 is 2.20 bits per heavy atom. The highest BCUT2D eigenvalue weighted by molar-refractivity contribution is 8.00. The van der Waals surface area contributed by atoms with Gasteiger partial charge in [0, 0.05) is 28.2 Å². The maximum Gasteiger partial charge on any atom is 0.276 e. The zero-order chi connectivity index (χ0) is 28.4. The number of nitrogens with zero attached hydrogens (tertiary/aromatic N) is 4. The van der Waals surface area contributed by atoms with Gasteiger partial charge in [-0.15, -0.1) is 23.1 Å². The first kappa shape index (κ1) is 27.5. The quantitative estimate of drug-likeness (QED) is 0.0653. The lowest BCUT2D eigenvalue weighted by Gasteiger charge is -2.50. The number of carbonyl (C=O) groups is 4. The first-order chi connectivity index (χ1) is 19.3. The van der Waals surface area contributed by atoms with Crippen molar-refractivity contribution in [1.82, 2.24) is 15.2 Å². The van der Waals surface area contributed by atoms with Crippen molar-refractivity contribution < 1.29 is 38.1 Å². The molecule has 3 aromatic heterocycles. The van der Waals surface area contributed by atoms with Gasteiger partial charge in [-0.05, 0) is 6.07 Å².